The summed E-state index contributed by atoms with van der Waals surface area (Å²) in [6.07, 6.45) is 7.94. The summed E-state index contributed by atoms with van der Waals surface area (Å²) in [5.74, 6) is 0.256. The maximum absolute atomic E-state index is 13.1. The fourth-order valence-corrected chi connectivity index (χ4v) is 5.59. The van der Waals surface area contributed by atoms with Gasteiger partial charge in [0.25, 0.3) is 11.5 Å². The van der Waals surface area contributed by atoms with Crippen molar-refractivity contribution in [3.05, 3.63) is 52.1 Å². The molecule has 1 aromatic carbocycles. The lowest BCUT2D eigenvalue weighted by Gasteiger charge is -2.20. The van der Waals surface area contributed by atoms with Crippen molar-refractivity contribution in [2.24, 2.45) is 0 Å². The third-order valence-electron chi connectivity index (χ3n) is 8.65. The number of nitrogen functional groups attached to an aromatic ring is 1. The van der Waals surface area contributed by atoms with E-state index in [9.17, 15) is 33.6 Å². The number of nitrogens with zero attached hydrogens (tertiary/aromatic N) is 3. The highest BCUT2D eigenvalue weighted by atomic mass is 16.6. The molecule has 0 aliphatic carbocycles. The van der Waals surface area contributed by atoms with Gasteiger partial charge in [0.15, 0.2) is 11.2 Å². The molecule has 9 N–H and O–H groups in total. The first-order chi connectivity index (χ1) is 29.6. The summed E-state index contributed by atoms with van der Waals surface area (Å²) in [4.78, 5) is 102. The molecular formula is C41H57N11O10. The summed E-state index contributed by atoms with van der Waals surface area (Å²) in [5.41, 5.74) is 6.06. The van der Waals surface area contributed by atoms with Crippen molar-refractivity contribution in [2.45, 2.75) is 96.4 Å². The van der Waals surface area contributed by atoms with E-state index in [4.69, 9.17) is 26.4 Å². The number of unbranched alkanes of at least 4 members (excludes halogenated alkanes) is 1. The van der Waals surface area contributed by atoms with Crippen LogP contribution in [0.4, 0.5) is 16.4 Å². The van der Waals surface area contributed by atoms with Gasteiger partial charge in [0.2, 0.25) is 23.7 Å². The van der Waals surface area contributed by atoms with Crippen LogP contribution >= 0.6 is 0 Å². The zero-order valence-corrected chi connectivity index (χ0v) is 35.5. The van der Waals surface area contributed by atoms with Crippen LogP contribution in [0.2, 0.25) is 0 Å². The average Bonchev–Trinajstić information content (AvgIpc) is 3.22. The number of aromatic amines is 1. The number of amides is 5. The van der Waals surface area contributed by atoms with Gasteiger partial charge >= 0.3 is 12.1 Å². The highest BCUT2D eigenvalue weighted by molar-refractivity contribution is 5.95. The molecule has 0 radical (unpaired) electrons. The van der Waals surface area contributed by atoms with Crippen molar-refractivity contribution in [1.82, 2.24) is 46.5 Å². The van der Waals surface area contributed by atoms with E-state index in [1.165, 1.54) is 13.3 Å². The zero-order valence-electron chi connectivity index (χ0n) is 35.5. The lowest BCUT2D eigenvalue weighted by molar-refractivity contribution is -0.141. The van der Waals surface area contributed by atoms with Crippen molar-refractivity contribution in [2.75, 3.05) is 51.0 Å². The van der Waals surface area contributed by atoms with Gasteiger partial charge in [-0.1, -0.05) is 0 Å². The molecule has 21 nitrogen and oxygen atoms in total. The molecule has 2 heterocycles. The number of nitrogens with one attached hydrogen (secondary N) is 7. The predicted octanol–water partition coefficient (Wildman–Crippen LogP) is 1.19. The Morgan fingerprint density at radius 1 is 0.903 bits per heavy atom. The fourth-order valence-electron chi connectivity index (χ4n) is 5.59. The Labute approximate surface area is 359 Å². The van der Waals surface area contributed by atoms with Crippen molar-refractivity contribution < 1.29 is 43.0 Å². The van der Waals surface area contributed by atoms with Gasteiger partial charge in [-0.3, -0.25) is 33.8 Å². The summed E-state index contributed by atoms with van der Waals surface area (Å²) >= 11 is 0. The van der Waals surface area contributed by atoms with E-state index in [2.05, 4.69) is 57.8 Å². The molecule has 3 aromatic rings. The topological polar surface area (TPSA) is 300 Å². The van der Waals surface area contributed by atoms with Crippen LogP contribution in [0.1, 0.15) is 88.2 Å². The smallest absolute Gasteiger partial charge is 0.407 e. The summed E-state index contributed by atoms with van der Waals surface area (Å²) in [6, 6.07) is 5.02. The first-order valence-corrected chi connectivity index (χ1v) is 20.1. The number of fused-ring (bicyclic) bond motifs is 1. The number of carbonyl (C=O) groups excluding carboxylic acids is 6. The number of alkyl carbamates (subject to hydrolysis) is 1. The first kappa shape index (κ1) is 49.5. The number of nitrogens with two attached hydrogens (primary N) is 1. The van der Waals surface area contributed by atoms with Crippen LogP contribution in [0.3, 0.4) is 0 Å². The van der Waals surface area contributed by atoms with Gasteiger partial charge in [-0.2, -0.15) is 4.98 Å². The molecule has 2 aromatic heterocycles. The van der Waals surface area contributed by atoms with Gasteiger partial charge in [-0.25, -0.2) is 14.8 Å². The monoisotopic (exact) mass is 863 g/mol. The number of esters is 1. The Kier molecular flexibility index (Phi) is 20.6. The minimum Gasteiger partial charge on any atom is -0.469 e. The first-order valence-electron chi connectivity index (χ1n) is 20.1. The van der Waals surface area contributed by atoms with Crippen LogP contribution in [-0.4, -0.2) is 113 Å². The standard InChI is InChI=1S/C41H57N11O10/c1-6-7-11-32(54)50-30(10-8-9-18-45-40(59)62-41(2,3)4)37(57)44-20-22-61-21-19-43-31(53)17-16-28(23-33(55)60-5)49-36(56)26-12-14-27(15-13-26)46-24-29-25-47-35-34(48-29)38(58)52-39(42)51-35/h1,12-15,25,28,30,46H,7-11,16-24H2,2-5H3,(H,43,53)(H,44,57)(H,45,59)(H,49,56)(H,50,54)(H3,42,47,51,52,58)/t28?,30-/m1/s1. The maximum atomic E-state index is 13.1. The van der Waals surface area contributed by atoms with Gasteiger partial charge < -0.3 is 51.8 Å². The molecule has 21 heteroatoms. The highest BCUT2D eigenvalue weighted by Gasteiger charge is 2.22. The Balaban J connectivity index is 1.37. The third-order valence-corrected chi connectivity index (χ3v) is 8.65. The fraction of sp³-hybridized carbons (Fsp3) is 0.512. The molecule has 62 heavy (non-hydrogen) atoms. The number of aromatic nitrogens is 4. The summed E-state index contributed by atoms with van der Waals surface area (Å²) < 4.78 is 15.5. The van der Waals surface area contributed by atoms with E-state index >= 15 is 0 Å². The van der Waals surface area contributed by atoms with Crippen LogP contribution < -0.4 is 43.2 Å². The SMILES string of the molecule is C#CCCC(=O)N[C@H](CCCCNC(=O)OC(C)(C)C)C(=O)NCCOCCNC(=O)CCC(CC(=O)OC)NC(=O)c1ccc(NCc2cnc3nc(N)[nH]c(=O)c3n2)cc1. The van der Waals surface area contributed by atoms with Gasteiger partial charge in [-0.15, -0.1) is 12.3 Å². The number of benzene rings is 1. The molecule has 0 fully saturated rings. The average molecular weight is 864 g/mol. The quantitative estimate of drug-likeness (QED) is 0.0337. The Bertz CT molecular complexity index is 2080. The number of terminal acetylenes is 1. The van der Waals surface area contributed by atoms with Crippen LogP contribution in [0.15, 0.2) is 35.3 Å². The minimum atomic E-state index is -0.809. The van der Waals surface area contributed by atoms with Crippen LogP contribution in [0.5, 0.6) is 0 Å². The van der Waals surface area contributed by atoms with Crippen LogP contribution in [0, 0.1) is 12.3 Å². The minimum absolute atomic E-state index is 0.000641. The molecule has 5 amide bonds. The summed E-state index contributed by atoms with van der Waals surface area (Å²) in [5, 5.41) is 16.8. The van der Waals surface area contributed by atoms with Gasteiger partial charge in [-0.05, 0) is 70.7 Å². The predicted molar refractivity (Wildman–Crippen MR) is 228 cm³/mol. The van der Waals surface area contributed by atoms with E-state index in [-0.39, 0.29) is 93.9 Å². The van der Waals surface area contributed by atoms with Crippen LogP contribution in [0.25, 0.3) is 11.2 Å². The number of ether oxygens (including phenoxy) is 3. The molecule has 1 unspecified atom stereocenters. The number of hydrogen-bond donors (Lipinski definition) is 8. The normalized spacial score (nSPS) is 11.9. The lowest BCUT2D eigenvalue weighted by atomic mass is 10.1. The van der Waals surface area contributed by atoms with E-state index in [1.54, 1.807) is 45.0 Å². The molecule has 0 aliphatic heterocycles. The van der Waals surface area contributed by atoms with E-state index < -0.39 is 47.1 Å². The van der Waals surface area contributed by atoms with E-state index in [1.807, 2.05) is 0 Å². The summed E-state index contributed by atoms with van der Waals surface area (Å²) in [6.45, 7) is 6.47. The molecule has 336 valence electrons. The Hall–Kier alpha value is -6.82. The van der Waals surface area contributed by atoms with Gasteiger partial charge in [0.1, 0.15) is 11.6 Å². The number of hydrogen-bond acceptors (Lipinski definition) is 15. The number of anilines is 2. The van der Waals surface area contributed by atoms with Crippen molar-refractivity contribution >= 4 is 58.5 Å². The van der Waals surface area contributed by atoms with Crippen molar-refractivity contribution in [3.8, 4) is 12.3 Å². The second kappa shape index (κ2) is 25.7. The van der Waals surface area contributed by atoms with Crippen molar-refractivity contribution in [3.63, 3.8) is 0 Å². The zero-order chi connectivity index (χ0) is 45.5. The van der Waals surface area contributed by atoms with E-state index in [0.29, 0.717) is 42.8 Å². The molecule has 0 aliphatic rings. The lowest BCUT2D eigenvalue weighted by Crippen LogP contribution is -2.47. The number of H-pyrrole nitrogens is 1. The van der Waals surface area contributed by atoms with E-state index in [0.717, 1.165) is 0 Å². The summed E-state index contributed by atoms with van der Waals surface area (Å²) in [7, 11) is 1.23. The number of rotatable bonds is 25. The van der Waals surface area contributed by atoms with Gasteiger partial charge in [0, 0.05) is 56.2 Å². The van der Waals surface area contributed by atoms with Gasteiger partial charge in [0.05, 0.1) is 45.2 Å². The van der Waals surface area contributed by atoms with Crippen molar-refractivity contribution in [1.29, 1.82) is 0 Å². The maximum Gasteiger partial charge on any atom is 0.407 e. The molecule has 0 bridgehead atoms. The molecule has 0 saturated heterocycles. The number of methoxy groups -OCH3 is 1. The molecular weight excluding hydrogens is 807 g/mol. The highest BCUT2D eigenvalue weighted by Crippen LogP contribution is 2.13. The second-order valence-corrected chi connectivity index (χ2v) is 14.9. The molecule has 3 rings (SSSR count). The Morgan fingerprint density at radius 3 is 2.32 bits per heavy atom. The third kappa shape index (κ3) is 19.1. The number of carbonyl (C=O) groups is 6. The Morgan fingerprint density at radius 2 is 1.63 bits per heavy atom. The molecule has 2 atom stereocenters. The largest absolute Gasteiger partial charge is 0.469 e. The molecule has 0 spiro atoms. The van der Waals surface area contributed by atoms with Crippen LogP contribution in [-0.2, 0) is 39.9 Å². The second-order valence-electron chi connectivity index (χ2n) is 14.9. The molecule has 0 saturated carbocycles.